The molecule has 3 rings (SSSR count). The second-order valence-electron chi connectivity index (χ2n) is 5.39. The topological polar surface area (TPSA) is 35.2 Å². The Hall–Kier alpha value is -1.94. The van der Waals surface area contributed by atoms with Gasteiger partial charge in [0.05, 0.1) is 6.61 Å². The van der Waals surface area contributed by atoms with Crippen LogP contribution in [0.3, 0.4) is 0 Å². The predicted octanol–water partition coefficient (Wildman–Crippen LogP) is 3.53. The molecular weight excluding hydrogens is 272 g/mol. The summed E-state index contributed by atoms with van der Waals surface area (Å²) in [7, 11) is 0. The largest absolute Gasteiger partial charge is 0.493 e. The third-order valence-electron chi connectivity index (χ3n) is 3.81. The van der Waals surface area contributed by atoms with E-state index in [0.717, 1.165) is 31.3 Å². The number of fused-ring (bicyclic) bond motifs is 1. The maximum atomic E-state index is 13.2. The lowest BCUT2D eigenvalue weighted by Crippen LogP contribution is -2.12. The molecule has 0 bridgehead atoms. The average molecular weight is 289 g/mol. The van der Waals surface area contributed by atoms with Crippen LogP contribution < -0.4 is 10.5 Å². The minimum atomic E-state index is -0.588. The lowest BCUT2D eigenvalue weighted by Gasteiger charge is -2.13. The molecule has 2 N–H and O–H groups in total. The van der Waals surface area contributed by atoms with Gasteiger partial charge in [0.25, 0.3) is 0 Å². The molecule has 21 heavy (non-hydrogen) atoms. The van der Waals surface area contributed by atoms with E-state index in [0.29, 0.717) is 12.0 Å². The molecule has 0 fully saturated rings. The molecule has 1 aliphatic heterocycles. The van der Waals surface area contributed by atoms with E-state index in [1.807, 2.05) is 12.1 Å². The van der Waals surface area contributed by atoms with Gasteiger partial charge >= 0.3 is 0 Å². The molecular formula is C17H17F2NO. The lowest BCUT2D eigenvalue weighted by atomic mass is 9.98. The second kappa shape index (κ2) is 5.82. The first-order chi connectivity index (χ1) is 10.1. The summed E-state index contributed by atoms with van der Waals surface area (Å²) in [6, 6.07) is 9.19. The lowest BCUT2D eigenvalue weighted by molar-refractivity contribution is 0.357. The van der Waals surface area contributed by atoms with Crippen molar-refractivity contribution >= 4 is 0 Å². The van der Waals surface area contributed by atoms with Crippen molar-refractivity contribution in [1.82, 2.24) is 0 Å². The molecule has 2 nitrogen and oxygen atoms in total. The van der Waals surface area contributed by atoms with Gasteiger partial charge < -0.3 is 10.5 Å². The van der Waals surface area contributed by atoms with Crippen molar-refractivity contribution < 1.29 is 13.5 Å². The zero-order valence-electron chi connectivity index (χ0n) is 11.6. The van der Waals surface area contributed by atoms with Crippen LogP contribution in [0.15, 0.2) is 36.4 Å². The number of hydrogen-bond donors (Lipinski definition) is 1. The number of rotatable bonds is 4. The van der Waals surface area contributed by atoms with Crippen LogP contribution in [0.2, 0.25) is 0 Å². The van der Waals surface area contributed by atoms with Crippen molar-refractivity contribution in [1.29, 1.82) is 0 Å². The zero-order chi connectivity index (χ0) is 14.8. The third kappa shape index (κ3) is 3.22. The van der Waals surface area contributed by atoms with Gasteiger partial charge in [-0.1, -0.05) is 12.1 Å². The Morgan fingerprint density at radius 2 is 1.86 bits per heavy atom. The molecule has 1 unspecified atom stereocenters. The number of ether oxygens (including phenoxy) is 1. The second-order valence-corrected chi connectivity index (χ2v) is 5.39. The first-order valence-electron chi connectivity index (χ1n) is 7.08. The molecule has 2 aromatic rings. The van der Waals surface area contributed by atoms with Gasteiger partial charge in [-0.15, -0.1) is 0 Å². The molecule has 0 radical (unpaired) electrons. The van der Waals surface area contributed by atoms with Crippen LogP contribution in [0.4, 0.5) is 8.78 Å². The highest BCUT2D eigenvalue weighted by Crippen LogP contribution is 2.27. The van der Waals surface area contributed by atoms with E-state index in [1.54, 1.807) is 0 Å². The summed E-state index contributed by atoms with van der Waals surface area (Å²) in [6.07, 6.45) is 2.35. The van der Waals surface area contributed by atoms with Crippen LogP contribution >= 0.6 is 0 Å². The van der Waals surface area contributed by atoms with Crippen molar-refractivity contribution in [3.8, 4) is 5.75 Å². The number of hydrogen-bond acceptors (Lipinski definition) is 2. The van der Waals surface area contributed by atoms with Crippen LogP contribution in [-0.4, -0.2) is 6.61 Å². The van der Waals surface area contributed by atoms with Crippen molar-refractivity contribution in [2.45, 2.75) is 25.3 Å². The smallest absolute Gasteiger partial charge is 0.126 e. The average Bonchev–Trinajstić information content (AvgIpc) is 2.91. The van der Waals surface area contributed by atoms with E-state index in [9.17, 15) is 8.78 Å². The molecule has 1 heterocycles. The van der Waals surface area contributed by atoms with Gasteiger partial charge in [0, 0.05) is 18.5 Å². The van der Waals surface area contributed by atoms with Crippen LogP contribution in [0.5, 0.6) is 5.75 Å². The SMILES string of the molecule is NC(CCc1ccc2c(c1)CCO2)c1cc(F)cc(F)c1. The quantitative estimate of drug-likeness (QED) is 0.934. The van der Waals surface area contributed by atoms with E-state index in [4.69, 9.17) is 10.5 Å². The monoisotopic (exact) mass is 289 g/mol. The van der Waals surface area contributed by atoms with Crippen LogP contribution in [0, 0.1) is 11.6 Å². The van der Waals surface area contributed by atoms with Crippen molar-refractivity contribution in [3.63, 3.8) is 0 Å². The van der Waals surface area contributed by atoms with Gasteiger partial charge in [-0.05, 0) is 47.7 Å². The Bertz CT molecular complexity index is 637. The van der Waals surface area contributed by atoms with Gasteiger partial charge in [0.1, 0.15) is 17.4 Å². The van der Waals surface area contributed by atoms with Crippen LogP contribution in [-0.2, 0) is 12.8 Å². The van der Waals surface area contributed by atoms with E-state index >= 15 is 0 Å². The number of benzene rings is 2. The van der Waals surface area contributed by atoms with Gasteiger partial charge in [-0.2, -0.15) is 0 Å². The minimum Gasteiger partial charge on any atom is -0.493 e. The summed E-state index contributed by atoms with van der Waals surface area (Å²) < 4.78 is 31.9. The van der Waals surface area contributed by atoms with Crippen LogP contribution in [0.25, 0.3) is 0 Å². The molecule has 0 aromatic heterocycles. The summed E-state index contributed by atoms with van der Waals surface area (Å²) in [6.45, 7) is 0.737. The number of nitrogens with two attached hydrogens (primary N) is 1. The fourth-order valence-corrected chi connectivity index (χ4v) is 2.67. The van der Waals surface area contributed by atoms with E-state index in [2.05, 4.69) is 6.07 Å². The third-order valence-corrected chi connectivity index (χ3v) is 3.81. The summed E-state index contributed by atoms with van der Waals surface area (Å²) in [5.74, 6) is -0.222. The highest BCUT2D eigenvalue weighted by atomic mass is 19.1. The maximum Gasteiger partial charge on any atom is 0.126 e. The highest BCUT2D eigenvalue weighted by Gasteiger charge is 2.13. The van der Waals surface area contributed by atoms with E-state index in [-0.39, 0.29) is 6.04 Å². The fraction of sp³-hybridized carbons (Fsp3) is 0.294. The summed E-state index contributed by atoms with van der Waals surface area (Å²) in [4.78, 5) is 0. The van der Waals surface area contributed by atoms with Gasteiger partial charge in [0.2, 0.25) is 0 Å². The molecule has 0 spiro atoms. The Labute approximate surface area is 122 Å². The number of aryl methyl sites for hydroxylation is 1. The van der Waals surface area contributed by atoms with E-state index < -0.39 is 11.6 Å². The van der Waals surface area contributed by atoms with Crippen molar-refractivity contribution in [2.24, 2.45) is 5.73 Å². The minimum absolute atomic E-state index is 0.375. The zero-order valence-corrected chi connectivity index (χ0v) is 11.6. The summed E-state index contributed by atoms with van der Waals surface area (Å²) in [5, 5.41) is 0. The Kier molecular flexibility index (Phi) is 3.88. The molecule has 0 amide bonds. The molecule has 4 heteroatoms. The maximum absolute atomic E-state index is 13.2. The molecule has 1 aliphatic rings. The number of halogens is 2. The Morgan fingerprint density at radius 1 is 1.10 bits per heavy atom. The molecule has 0 saturated heterocycles. The molecule has 1 atom stereocenters. The first-order valence-corrected chi connectivity index (χ1v) is 7.08. The standard InChI is InChI=1S/C17H17F2NO/c18-14-8-13(9-15(19)10-14)16(20)3-1-11-2-4-17-12(7-11)5-6-21-17/h2,4,7-10,16H,1,3,5-6,20H2. The molecule has 110 valence electrons. The summed E-state index contributed by atoms with van der Waals surface area (Å²) in [5.41, 5.74) is 8.93. The summed E-state index contributed by atoms with van der Waals surface area (Å²) >= 11 is 0. The first kappa shape index (κ1) is 14.0. The predicted molar refractivity (Wildman–Crippen MR) is 77.2 cm³/mol. The van der Waals surface area contributed by atoms with Crippen molar-refractivity contribution in [2.75, 3.05) is 6.61 Å². The molecule has 0 aliphatic carbocycles. The van der Waals surface area contributed by atoms with Crippen LogP contribution in [0.1, 0.15) is 29.2 Å². The fourth-order valence-electron chi connectivity index (χ4n) is 2.67. The van der Waals surface area contributed by atoms with Gasteiger partial charge in [0.15, 0.2) is 0 Å². The van der Waals surface area contributed by atoms with Gasteiger partial charge in [-0.25, -0.2) is 8.78 Å². The highest BCUT2D eigenvalue weighted by molar-refractivity contribution is 5.39. The molecule has 0 saturated carbocycles. The van der Waals surface area contributed by atoms with Gasteiger partial charge in [-0.3, -0.25) is 0 Å². The van der Waals surface area contributed by atoms with E-state index in [1.165, 1.54) is 23.3 Å². The Balaban J connectivity index is 1.66. The Morgan fingerprint density at radius 3 is 2.62 bits per heavy atom. The normalized spacial score (nSPS) is 14.6. The molecule has 2 aromatic carbocycles. The van der Waals surface area contributed by atoms with Crippen molar-refractivity contribution in [3.05, 3.63) is 64.7 Å².